The SMILES string of the molecule is CCC(F)CCCC(C)C. The fourth-order valence-corrected chi connectivity index (χ4v) is 0.952. The Morgan fingerprint density at radius 2 is 1.80 bits per heavy atom. The third-order valence-electron chi connectivity index (χ3n) is 1.74. The minimum absolute atomic E-state index is 0.557. The number of hydrogen-bond acceptors (Lipinski definition) is 0. The Morgan fingerprint density at radius 3 is 2.20 bits per heavy atom. The average molecular weight is 146 g/mol. The molecule has 10 heavy (non-hydrogen) atoms. The quantitative estimate of drug-likeness (QED) is 0.556. The van der Waals surface area contributed by atoms with Crippen LogP contribution in [0.2, 0.25) is 0 Å². The summed E-state index contributed by atoms with van der Waals surface area (Å²) in [5, 5.41) is 0. The Morgan fingerprint density at radius 1 is 1.20 bits per heavy atom. The molecule has 0 fully saturated rings. The van der Waals surface area contributed by atoms with Crippen LogP contribution in [0.5, 0.6) is 0 Å². The van der Waals surface area contributed by atoms with Gasteiger partial charge in [0.15, 0.2) is 0 Å². The molecular weight excluding hydrogens is 127 g/mol. The van der Waals surface area contributed by atoms with E-state index in [0.29, 0.717) is 6.42 Å². The van der Waals surface area contributed by atoms with Crippen molar-refractivity contribution in [2.24, 2.45) is 5.92 Å². The van der Waals surface area contributed by atoms with Crippen molar-refractivity contribution in [3.63, 3.8) is 0 Å². The molecule has 0 amide bonds. The monoisotopic (exact) mass is 146 g/mol. The number of halogens is 1. The Hall–Kier alpha value is -0.0700. The molecule has 0 heterocycles. The first-order valence-corrected chi connectivity index (χ1v) is 4.30. The summed E-state index contributed by atoms with van der Waals surface area (Å²) in [5.41, 5.74) is 0. The molecule has 0 rings (SSSR count). The molecule has 0 N–H and O–H groups in total. The highest BCUT2D eigenvalue weighted by atomic mass is 19.1. The fourth-order valence-electron chi connectivity index (χ4n) is 0.952. The molecule has 0 aliphatic heterocycles. The maximum absolute atomic E-state index is 12.6. The highest BCUT2D eigenvalue weighted by Gasteiger charge is 2.02. The summed E-state index contributed by atoms with van der Waals surface area (Å²) in [6.45, 7) is 6.26. The van der Waals surface area contributed by atoms with Crippen LogP contribution in [-0.2, 0) is 0 Å². The number of rotatable bonds is 5. The van der Waals surface area contributed by atoms with Crippen LogP contribution < -0.4 is 0 Å². The fraction of sp³-hybridized carbons (Fsp3) is 1.00. The molecular formula is C9H19F. The van der Waals surface area contributed by atoms with Gasteiger partial charge < -0.3 is 0 Å². The molecule has 0 aliphatic carbocycles. The van der Waals surface area contributed by atoms with E-state index in [9.17, 15) is 4.39 Å². The van der Waals surface area contributed by atoms with Crippen LogP contribution in [0.25, 0.3) is 0 Å². The molecule has 0 aliphatic rings. The predicted molar refractivity (Wildman–Crippen MR) is 43.9 cm³/mol. The van der Waals surface area contributed by atoms with E-state index in [4.69, 9.17) is 0 Å². The van der Waals surface area contributed by atoms with Gasteiger partial charge in [0.25, 0.3) is 0 Å². The minimum Gasteiger partial charge on any atom is -0.248 e. The zero-order chi connectivity index (χ0) is 7.98. The van der Waals surface area contributed by atoms with Crippen molar-refractivity contribution < 1.29 is 4.39 Å². The second kappa shape index (κ2) is 5.70. The van der Waals surface area contributed by atoms with Gasteiger partial charge in [0.2, 0.25) is 0 Å². The molecule has 0 aromatic heterocycles. The van der Waals surface area contributed by atoms with Crippen LogP contribution >= 0.6 is 0 Å². The van der Waals surface area contributed by atoms with Crippen molar-refractivity contribution in [3.8, 4) is 0 Å². The lowest BCUT2D eigenvalue weighted by Crippen LogP contribution is -1.98. The summed E-state index contributed by atoms with van der Waals surface area (Å²) in [4.78, 5) is 0. The summed E-state index contributed by atoms with van der Waals surface area (Å²) in [6.07, 6.45) is 3.10. The summed E-state index contributed by atoms with van der Waals surface area (Å²) < 4.78 is 12.6. The van der Waals surface area contributed by atoms with Gasteiger partial charge in [-0.25, -0.2) is 4.39 Å². The van der Waals surface area contributed by atoms with E-state index >= 15 is 0 Å². The lowest BCUT2D eigenvalue weighted by molar-refractivity contribution is 0.292. The lowest BCUT2D eigenvalue weighted by Gasteiger charge is -2.06. The van der Waals surface area contributed by atoms with Crippen LogP contribution in [-0.4, -0.2) is 6.17 Å². The van der Waals surface area contributed by atoms with Crippen molar-refractivity contribution in [1.82, 2.24) is 0 Å². The summed E-state index contributed by atoms with van der Waals surface area (Å²) in [5.74, 6) is 0.726. The molecule has 1 heteroatoms. The molecule has 0 spiro atoms. The van der Waals surface area contributed by atoms with Gasteiger partial charge in [-0.2, -0.15) is 0 Å². The Bertz CT molecular complexity index is 69.1. The summed E-state index contributed by atoms with van der Waals surface area (Å²) in [6, 6.07) is 0. The van der Waals surface area contributed by atoms with Crippen LogP contribution in [0.3, 0.4) is 0 Å². The highest BCUT2D eigenvalue weighted by Crippen LogP contribution is 2.11. The van der Waals surface area contributed by atoms with E-state index in [0.717, 1.165) is 18.8 Å². The van der Waals surface area contributed by atoms with Crippen molar-refractivity contribution >= 4 is 0 Å². The third kappa shape index (κ3) is 6.06. The van der Waals surface area contributed by atoms with E-state index in [1.807, 2.05) is 6.92 Å². The lowest BCUT2D eigenvalue weighted by atomic mass is 10.0. The van der Waals surface area contributed by atoms with Crippen molar-refractivity contribution in [3.05, 3.63) is 0 Å². The first-order valence-electron chi connectivity index (χ1n) is 4.30. The van der Waals surface area contributed by atoms with Crippen LogP contribution in [0.1, 0.15) is 46.5 Å². The predicted octanol–water partition coefficient (Wildman–Crippen LogP) is 3.56. The third-order valence-corrected chi connectivity index (χ3v) is 1.74. The smallest absolute Gasteiger partial charge is 0.0999 e. The summed E-state index contributed by atoms with van der Waals surface area (Å²) >= 11 is 0. The first kappa shape index (κ1) is 9.93. The van der Waals surface area contributed by atoms with Gasteiger partial charge in [-0.15, -0.1) is 0 Å². The Balaban J connectivity index is 3.03. The highest BCUT2D eigenvalue weighted by molar-refractivity contribution is 4.54. The van der Waals surface area contributed by atoms with Crippen LogP contribution in [0, 0.1) is 5.92 Å². The average Bonchev–Trinajstić information content (AvgIpc) is 1.87. The molecule has 62 valence electrons. The van der Waals surface area contributed by atoms with Crippen molar-refractivity contribution in [1.29, 1.82) is 0 Å². The Kier molecular flexibility index (Phi) is 5.66. The normalized spacial score (nSPS) is 14.1. The zero-order valence-electron chi connectivity index (χ0n) is 7.36. The van der Waals surface area contributed by atoms with E-state index in [1.165, 1.54) is 6.42 Å². The van der Waals surface area contributed by atoms with E-state index < -0.39 is 6.17 Å². The van der Waals surface area contributed by atoms with Crippen molar-refractivity contribution in [2.45, 2.75) is 52.6 Å². The zero-order valence-corrected chi connectivity index (χ0v) is 7.36. The number of alkyl halides is 1. The summed E-state index contributed by atoms with van der Waals surface area (Å²) in [7, 11) is 0. The van der Waals surface area contributed by atoms with Gasteiger partial charge in [0.05, 0.1) is 6.17 Å². The molecule has 0 nitrogen and oxygen atoms in total. The van der Waals surface area contributed by atoms with E-state index in [2.05, 4.69) is 13.8 Å². The molecule has 1 unspecified atom stereocenters. The molecule has 0 bridgehead atoms. The molecule has 0 aromatic carbocycles. The van der Waals surface area contributed by atoms with E-state index in [-0.39, 0.29) is 0 Å². The van der Waals surface area contributed by atoms with Crippen molar-refractivity contribution in [2.75, 3.05) is 0 Å². The van der Waals surface area contributed by atoms with Gasteiger partial charge in [-0.3, -0.25) is 0 Å². The second-order valence-corrected chi connectivity index (χ2v) is 3.33. The van der Waals surface area contributed by atoms with Gasteiger partial charge in [0, 0.05) is 0 Å². The molecule has 0 radical (unpaired) electrons. The van der Waals surface area contributed by atoms with Crippen LogP contribution in [0.4, 0.5) is 4.39 Å². The standard InChI is InChI=1S/C9H19F/c1-4-9(10)7-5-6-8(2)3/h8-9H,4-7H2,1-3H3. The second-order valence-electron chi connectivity index (χ2n) is 3.33. The minimum atomic E-state index is -0.557. The first-order chi connectivity index (χ1) is 4.66. The molecule has 0 saturated carbocycles. The Labute approximate surface area is 63.8 Å². The largest absolute Gasteiger partial charge is 0.248 e. The molecule has 1 atom stereocenters. The maximum atomic E-state index is 12.6. The van der Waals surface area contributed by atoms with Gasteiger partial charge in [-0.05, 0) is 18.8 Å². The van der Waals surface area contributed by atoms with Crippen LogP contribution in [0.15, 0.2) is 0 Å². The maximum Gasteiger partial charge on any atom is 0.0999 e. The van der Waals surface area contributed by atoms with Gasteiger partial charge in [0.1, 0.15) is 0 Å². The van der Waals surface area contributed by atoms with E-state index in [1.54, 1.807) is 0 Å². The topological polar surface area (TPSA) is 0 Å². The van der Waals surface area contributed by atoms with Gasteiger partial charge >= 0.3 is 0 Å². The molecule has 0 aromatic rings. The molecule has 0 saturated heterocycles. The number of hydrogen-bond donors (Lipinski definition) is 0. The van der Waals surface area contributed by atoms with Gasteiger partial charge in [-0.1, -0.05) is 33.6 Å².